The first kappa shape index (κ1) is 27.1. The van der Waals surface area contributed by atoms with Crippen molar-refractivity contribution < 1.29 is 28.8 Å². The first-order valence-electron chi connectivity index (χ1n) is 13.5. The molecule has 0 aliphatic carbocycles. The fourth-order valence-corrected chi connectivity index (χ4v) is 6.11. The van der Waals surface area contributed by atoms with E-state index in [0.717, 1.165) is 54.4 Å². The van der Waals surface area contributed by atoms with E-state index in [0.29, 0.717) is 54.0 Å². The number of carbonyl (C=O) groups excluding carboxylic acids is 1. The molecule has 2 aliphatic rings. The van der Waals surface area contributed by atoms with E-state index in [4.69, 9.17) is 18.9 Å². The number of hydrogen-bond donors (Lipinski definition) is 1. The molecule has 8 nitrogen and oxygen atoms in total. The summed E-state index contributed by atoms with van der Waals surface area (Å²) in [6, 6.07) is 13.7. The van der Waals surface area contributed by atoms with Crippen LogP contribution in [0.25, 0.3) is 10.8 Å². The predicted molar refractivity (Wildman–Crippen MR) is 150 cm³/mol. The average Bonchev–Trinajstić information content (AvgIpc) is 3.39. The number of ether oxygens (including phenoxy) is 4. The van der Waals surface area contributed by atoms with Gasteiger partial charge in [-0.2, -0.15) is 0 Å². The highest BCUT2D eigenvalue weighted by Crippen LogP contribution is 2.37. The van der Waals surface area contributed by atoms with Gasteiger partial charge in [0.1, 0.15) is 0 Å². The average molecular weight is 535 g/mol. The Labute approximate surface area is 230 Å². The molecule has 2 unspecified atom stereocenters. The molecule has 2 heterocycles. The molecule has 0 spiro atoms. The van der Waals surface area contributed by atoms with Crippen molar-refractivity contribution in [1.82, 2.24) is 9.80 Å². The molecule has 5 rings (SSSR count). The van der Waals surface area contributed by atoms with E-state index < -0.39 is 6.10 Å². The predicted octanol–water partition coefficient (Wildman–Crippen LogP) is 3.80. The van der Waals surface area contributed by atoms with Crippen LogP contribution < -0.4 is 18.9 Å². The van der Waals surface area contributed by atoms with Crippen LogP contribution >= 0.6 is 0 Å². The van der Waals surface area contributed by atoms with E-state index in [-0.39, 0.29) is 5.91 Å². The SMILES string of the molecule is COc1cc2c(cc1OC)C(=O)N(CC1CCN(CC(O)Cc3cccc4c(OC)c(OC)ccc34)C1)CC2. The minimum Gasteiger partial charge on any atom is -0.493 e. The van der Waals surface area contributed by atoms with Gasteiger partial charge in [-0.15, -0.1) is 0 Å². The topological polar surface area (TPSA) is 80.7 Å². The maximum Gasteiger partial charge on any atom is 0.254 e. The van der Waals surface area contributed by atoms with Crippen LogP contribution in [0.4, 0.5) is 0 Å². The van der Waals surface area contributed by atoms with Crippen molar-refractivity contribution in [3.63, 3.8) is 0 Å². The van der Waals surface area contributed by atoms with Crippen LogP contribution in [0, 0.1) is 5.92 Å². The summed E-state index contributed by atoms with van der Waals surface area (Å²) in [5.74, 6) is 3.08. The van der Waals surface area contributed by atoms with E-state index in [2.05, 4.69) is 11.0 Å². The molecule has 1 saturated heterocycles. The monoisotopic (exact) mass is 534 g/mol. The lowest BCUT2D eigenvalue weighted by molar-refractivity contribution is 0.0707. The molecule has 2 atom stereocenters. The zero-order valence-corrected chi connectivity index (χ0v) is 23.2. The van der Waals surface area contributed by atoms with Crippen molar-refractivity contribution in [3.8, 4) is 23.0 Å². The van der Waals surface area contributed by atoms with Crippen LogP contribution in [0.3, 0.4) is 0 Å². The molecule has 8 heteroatoms. The lowest BCUT2D eigenvalue weighted by Crippen LogP contribution is -2.41. The molecular formula is C31H38N2O6. The van der Waals surface area contributed by atoms with E-state index in [1.54, 1.807) is 34.5 Å². The summed E-state index contributed by atoms with van der Waals surface area (Å²) < 4.78 is 21.9. The number of amides is 1. The number of rotatable bonds is 10. The van der Waals surface area contributed by atoms with Gasteiger partial charge in [-0.25, -0.2) is 0 Å². The molecular weight excluding hydrogens is 496 g/mol. The van der Waals surface area contributed by atoms with Crippen molar-refractivity contribution in [2.45, 2.75) is 25.4 Å². The molecule has 208 valence electrons. The fourth-order valence-electron chi connectivity index (χ4n) is 6.11. The van der Waals surface area contributed by atoms with Crippen LogP contribution in [-0.2, 0) is 12.8 Å². The van der Waals surface area contributed by atoms with E-state index in [9.17, 15) is 9.90 Å². The van der Waals surface area contributed by atoms with Crippen LogP contribution in [0.15, 0.2) is 42.5 Å². The molecule has 0 bridgehead atoms. The first-order valence-corrected chi connectivity index (χ1v) is 13.5. The van der Waals surface area contributed by atoms with E-state index in [1.165, 1.54) is 0 Å². The van der Waals surface area contributed by atoms with E-state index >= 15 is 0 Å². The normalized spacial score (nSPS) is 18.2. The van der Waals surface area contributed by atoms with Gasteiger partial charge < -0.3 is 33.9 Å². The third-order valence-corrected chi connectivity index (χ3v) is 8.04. The Morgan fingerprint density at radius 1 is 0.923 bits per heavy atom. The summed E-state index contributed by atoms with van der Waals surface area (Å²) in [5, 5.41) is 13.1. The van der Waals surface area contributed by atoms with Crippen molar-refractivity contribution in [2.24, 2.45) is 5.92 Å². The second kappa shape index (κ2) is 11.7. The highest BCUT2D eigenvalue weighted by Gasteiger charge is 2.31. The minimum atomic E-state index is -0.492. The number of likely N-dealkylation sites (tertiary alicyclic amines) is 1. The van der Waals surface area contributed by atoms with Gasteiger partial charge >= 0.3 is 0 Å². The molecule has 3 aromatic rings. The summed E-state index contributed by atoms with van der Waals surface area (Å²) in [5.41, 5.74) is 2.80. The van der Waals surface area contributed by atoms with Gasteiger partial charge in [0.2, 0.25) is 0 Å². The molecule has 0 radical (unpaired) electrons. The third-order valence-electron chi connectivity index (χ3n) is 8.04. The quantitative estimate of drug-likeness (QED) is 0.424. The number of β-amino-alcohol motifs (C(OH)–C–C–N with tert-alkyl or cyclic N) is 1. The summed E-state index contributed by atoms with van der Waals surface area (Å²) >= 11 is 0. The van der Waals surface area contributed by atoms with Gasteiger partial charge in [0.05, 0.1) is 34.5 Å². The molecule has 3 aromatic carbocycles. The number of carbonyl (C=O) groups is 1. The van der Waals surface area contributed by atoms with Crippen LogP contribution in [0.1, 0.15) is 27.9 Å². The van der Waals surface area contributed by atoms with Gasteiger partial charge in [0.15, 0.2) is 23.0 Å². The van der Waals surface area contributed by atoms with Gasteiger partial charge in [0, 0.05) is 43.5 Å². The van der Waals surface area contributed by atoms with Gasteiger partial charge in [-0.05, 0) is 60.0 Å². The van der Waals surface area contributed by atoms with Gasteiger partial charge in [0.25, 0.3) is 5.91 Å². The summed E-state index contributed by atoms with van der Waals surface area (Å²) in [7, 11) is 6.48. The van der Waals surface area contributed by atoms with Crippen molar-refractivity contribution >= 4 is 16.7 Å². The molecule has 1 amide bonds. The Morgan fingerprint density at radius 3 is 2.44 bits per heavy atom. The Morgan fingerprint density at radius 2 is 1.69 bits per heavy atom. The molecule has 0 aromatic heterocycles. The number of aliphatic hydroxyl groups excluding tert-OH is 1. The summed E-state index contributed by atoms with van der Waals surface area (Å²) in [6.45, 7) is 3.83. The highest BCUT2D eigenvalue weighted by atomic mass is 16.5. The lowest BCUT2D eigenvalue weighted by Gasteiger charge is -2.31. The van der Waals surface area contributed by atoms with Crippen molar-refractivity contribution in [1.29, 1.82) is 0 Å². The molecule has 39 heavy (non-hydrogen) atoms. The van der Waals surface area contributed by atoms with Gasteiger partial charge in [-0.3, -0.25) is 4.79 Å². The molecule has 1 fully saturated rings. The van der Waals surface area contributed by atoms with Crippen molar-refractivity contribution in [2.75, 3.05) is 61.2 Å². The standard InChI is InChI=1S/C31H38N2O6/c1-36-27-9-8-24-21(6-5-7-25(24)30(27)39-4)14-23(34)19-32-12-10-20(17-32)18-33-13-11-22-15-28(37-2)29(38-3)16-26(22)31(33)35/h5-9,15-16,20,23,34H,10-14,17-19H2,1-4H3. The van der Waals surface area contributed by atoms with Gasteiger partial charge in [-0.1, -0.05) is 24.3 Å². The first-order chi connectivity index (χ1) is 18.9. The Bertz CT molecular complexity index is 1340. The zero-order valence-electron chi connectivity index (χ0n) is 23.2. The second-order valence-corrected chi connectivity index (χ2v) is 10.5. The van der Waals surface area contributed by atoms with Crippen LogP contribution in [-0.4, -0.2) is 88.1 Å². The maximum absolute atomic E-state index is 13.3. The Hall–Kier alpha value is -3.49. The van der Waals surface area contributed by atoms with Crippen LogP contribution in [0.2, 0.25) is 0 Å². The second-order valence-electron chi connectivity index (χ2n) is 10.5. The largest absolute Gasteiger partial charge is 0.493 e. The number of fused-ring (bicyclic) bond motifs is 2. The molecule has 2 aliphatic heterocycles. The van der Waals surface area contributed by atoms with E-state index in [1.807, 2.05) is 35.2 Å². The van der Waals surface area contributed by atoms with Crippen molar-refractivity contribution in [3.05, 3.63) is 59.2 Å². The van der Waals surface area contributed by atoms with Crippen LogP contribution in [0.5, 0.6) is 23.0 Å². The number of nitrogens with zero attached hydrogens (tertiary/aromatic N) is 2. The number of hydrogen-bond acceptors (Lipinski definition) is 7. The number of methoxy groups -OCH3 is 4. The highest BCUT2D eigenvalue weighted by molar-refractivity contribution is 5.97. The summed E-state index contributed by atoms with van der Waals surface area (Å²) in [4.78, 5) is 17.6. The number of benzene rings is 3. The number of aliphatic hydroxyl groups is 1. The zero-order chi connectivity index (χ0) is 27.5. The Balaban J connectivity index is 1.19. The maximum atomic E-state index is 13.3. The Kier molecular flexibility index (Phi) is 8.14. The third kappa shape index (κ3) is 5.49. The molecule has 1 N–H and O–H groups in total. The fraction of sp³-hybridized carbons (Fsp3) is 0.452. The summed E-state index contributed by atoms with van der Waals surface area (Å²) in [6.07, 6.45) is 1.88. The minimum absolute atomic E-state index is 0.0544. The molecule has 0 saturated carbocycles. The lowest BCUT2D eigenvalue weighted by atomic mass is 9.96. The smallest absolute Gasteiger partial charge is 0.254 e.